The van der Waals surface area contributed by atoms with Crippen molar-refractivity contribution < 1.29 is 4.79 Å². The summed E-state index contributed by atoms with van der Waals surface area (Å²) in [7, 11) is 0. The van der Waals surface area contributed by atoms with E-state index in [1.54, 1.807) is 0 Å². The van der Waals surface area contributed by atoms with E-state index in [-0.39, 0.29) is 0 Å². The molecule has 0 aromatic carbocycles. The molecule has 2 saturated heterocycles. The van der Waals surface area contributed by atoms with Gasteiger partial charge in [0.2, 0.25) is 5.91 Å². The minimum absolute atomic E-state index is 0.413. The Labute approximate surface area is 84.8 Å². The first-order valence-corrected chi connectivity index (χ1v) is 5.76. The van der Waals surface area contributed by atoms with Crippen molar-refractivity contribution in [1.82, 2.24) is 10.2 Å². The summed E-state index contributed by atoms with van der Waals surface area (Å²) in [6, 6.07) is 0. The molecule has 3 aliphatic rings. The first kappa shape index (κ1) is 8.72. The summed E-state index contributed by atoms with van der Waals surface area (Å²) in [5.74, 6) is 1.15. The van der Waals surface area contributed by atoms with E-state index in [2.05, 4.69) is 10.2 Å². The number of amides is 1. The van der Waals surface area contributed by atoms with Crippen molar-refractivity contribution >= 4 is 5.91 Å². The third-order valence-corrected chi connectivity index (χ3v) is 3.95. The van der Waals surface area contributed by atoms with E-state index in [1.807, 2.05) is 0 Å². The molecule has 14 heavy (non-hydrogen) atoms. The van der Waals surface area contributed by atoms with Crippen molar-refractivity contribution in [1.29, 1.82) is 0 Å². The van der Waals surface area contributed by atoms with E-state index in [1.165, 1.54) is 19.3 Å². The lowest BCUT2D eigenvalue weighted by Crippen LogP contribution is -2.55. The van der Waals surface area contributed by atoms with Crippen LogP contribution in [0.25, 0.3) is 0 Å². The van der Waals surface area contributed by atoms with E-state index in [0.717, 1.165) is 38.5 Å². The zero-order valence-electron chi connectivity index (χ0n) is 8.59. The number of carbonyl (C=O) groups is 1. The van der Waals surface area contributed by atoms with Crippen LogP contribution in [0.15, 0.2) is 0 Å². The Morgan fingerprint density at radius 1 is 1.43 bits per heavy atom. The predicted molar refractivity (Wildman–Crippen MR) is 53.8 cm³/mol. The maximum Gasteiger partial charge on any atom is 0.222 e. The fourth-order valence-electron chi connectivity index (χ4n) is 2.61. The highest BCUT2D eigenvalue weighted by Crippen LogP contribution is 2.37. The van der Waals surface area contributed by atoms with Crippen molar-refractivity contribution in [3.05, 3.63) is 0 Å². The summed E-state index contributed by atoms with van der Waals surface area (Å²) < 4.78 is 0. The number of likely N-dealkylation sites (tertiary alicyclic amines) is 1. The molecule has 3 rings (SSSR count). The number of nitrogens with one attached hydrogen (secondary N) is 1. The normalized spacial score (nSPS) is 29.3. The van der Waals surface area contributed by atoms with Crippen LogP contribution >= 0.6 is 0 Å². The maximum atomic E-state index is 11.8. The van der Waals surface area contributed by atoms with Crippen LogP contribution in [-0.4, -0.2) is 37.0 Å². The second-order valence-electron chi connectivity index (χ2n) is 5.32. The van der Waals surface area contributed by atoms with Gasteiger partial charge in [0, 0.05) is 38.0 Å². The van der Waals surface area contributed by atoms with Crippen molar-refractivity contribution in [2.45, 2.75) is 25.7 Å². The molecular formula is C11H18N2O. The molecule has 78 valence electrons. The van der Waals surface area contributed by atoms with Crippen LogP contribution < -0.4 is 5.32 Å². The smallest absolute Gasteiger partial charge is 0.222 e. The Kier molecular flexibility index (Phi) is 1.84. The number of hydrogen-bond acceptors (Lipinski definition) is 2. The molecule has 2 heterocycles. The molecule has 0 atom stereocenters. The van der Waals surface area contributed by atoms with Crippen LogP contribution in [0, 0.1) is 11.3 Å². The fraction of sp³-hybridized carbons (Fsp3) is 0.909. The quantitative estimate of drug-likeness (QED) is 0.698. The molecule has 2 aliphatic heterocycles. The van der Waals surface area contributed by atoms with Gasteiger partial charge in [0.15, 0.2) is 0 Å². The maximum absolute atomic E-state index is 11.8. The van der Waals surface area contributed by atoms with Gasteiger partial charge in [-0.25, -0.2) is 0 Å². The molecule has 1 amide bonds. The van der Waals surface area contributed by atoms with Crippen molar-refractivity contribution in [3.8, 4) is 0 Å². The molecule has 0 unspecified atom stereocenters. The Hall–Kier alpha value is -0.570. The summed E-state index contributed by atoms with van der Waals surface area (Å²) in [6.45, 7) is 4.28. The van der Waals surface area contributed by atoms with Crippen molar-refractivity contribution in [2.75, 3.05) is 26.2 Å². The highest BCUT2D eigenvalue weighted by Gasteiger charge is 2.44. The van der Waals surface area contributed by atoms with Gasteiger partial charge in [0.25, 0.3) is 0 Å². The minimum Gasteiger partial charge on any atom is -0.342 e. The van der Waals surface area contributed by atoms with E-state index in [0.29, 0.717) is 11.3 Å². The lowest BCUT2D eigenvalue weighted by atomic mass is 9.81. The standard InChI is InChI=1S/C11H18N2O/c14-10(5-9-1-2-9)13-4-3-11(8-13)6-12-7-11/h9,12H,1-8H2. The zero-order chi connectivity index (χ0) is 9.60. The number of hydrogen-bond donors (Lipinski definition) is 1. The van der Waals surface area contributed by atoms with Crippen LogP contribution in [0.3, 0.4) is 0 Å². The van der Waals surface area contributed by atoms with Gasteiger partial charge in [-0.05, 0) is 25.2 Å². The monoisotopic (exact) mass is 194 g/mol. The second-order valence-corrected chi connectivity index (χ2v) is 5.32. The van der Waals surface area contributed by atoms with Gasteiger partial charge in [-0.15, -0.1) is 0 Å². The average Bonchev–Trinajstić information content (AvgIpc) is 2.81. The van der Waals surface area contributed by atoms with Gasteiger partial charge in [0.1, 0.15) is 0 Å². The fourth-order valence-corrected chi connectivity index (χ4v) is 2.61. The third kappa shape index (κ3) is 1.44. The van der Waals surface area contributed by atoms with Crippen molar-refractivity contribution in [3.63, 3.8) is 0 Å². The van der Waals surface area contributed by atoms with E-state index in [4.69, 9.17) is 0 Å². The molecule has 0 radical (unpaired) electrons. The molecule has 3 fully saturated rings. The average molecular weight is 194 g/mol. The van der Waals surface area contributed by atoms with Gasteiger partial charge in [-0.2, -0.15) is 0 Å². The molecule has 3 heteroatoms. The predicted octanol–water partition coefficient (Wildman–Crippen LogP) is 0.608. The van der Waals surface area contributed by atoms with Crippen LogP contribution in [0.2, 0.25) is 0 Å². The summed E-state index contributed by atoms with van der Waals surface area (Å²) in [5.41, 5.74) is 0.471. The Morgan fingerprint density at radius 2 is 2.21 bits per heavy atom. The van der Waals surface area contributed by atoms with E-state index in [9.17, 15) is 4.79 Å². The summed E-state index contributed by atoms with van der Waals surface area (Å²) >= 11 is 0. The van der Waals surface area contributed by atoms with Crippen LogP contribution in [0.5, 0.6) is 0 Å². The largest absolute Gasteiger partial charge is 0.342 e. The third-order valence-electron chi connectivity index (χ3n) is 3.95. The number of carbonyl (C=O) groups excluding carboxylic acids is 1. The van der Waals surface area contributed by atoms with Crippen LogP contribution in [0.1, 0.15) is 25.7 Å². The summed E-state index contributed by atoms with van der Waals surface area (Å²) in [4.78, 5) is 13.9. The highest BCUT2D eigenvalue weighted by atomic mass is 16.2. The first-order chi connectivity index (χ1) is 6.77. The topological polar surface area (TPSA) is 32.3 Å². The molecular weight excluding hydrogens is 176 g/mol. The Morgan fingerprint density at radius 3 is 2.71 bits per heavy atom. The summed E-state index contributed by atoms with van der Waals surface area (Å²) in [6.07, 6.45) is 4.61. The molecule has 0 aromatic heterocycles. The van der Waals surface area contributed by atoms with Gasteiger partial charge < -0.3 is 10.2 Å². The molecule has 1 saturated carbocycles. The minimum atomic E-state index is 0.413. The van der Waals surface area contributed by atoms with Gasteiger partial charge in [0.05, 0.1) is 0 Å². The van der Waals surface area contributed by atoms with E-state index < -0.39 is 0 Å². The first-order valence-electron chi connectivity index (χ1n) is 5.76. The van der Waals surface area contributed by atoms with Crippen molar-refractivity contribution in [2.24, 2.45) is 11.3 Å². The molecule has 1 N–H and O–H groups in total. The zero-order valence-corrected chi connectivity index (χ0v) is 8.59. The second kappa shape index (κ2) is 2.96. The number of nitrogens with zero attached hydrogens (tertiary/aromatic N) is 1. The lowest BCUT2D eigenvalue weighted by Gasteiger charge is -2.39. The summed E-state index contributed by atoms with van der Waals surface area (Å²) in [5, 5.41) is 3.32. The van der Waals surface area contributed by atoms with Crippen LogP contribution in [-0.2, 0) is 4.79 Å². The van der Waals surface area contributed by atoms with Crippen LogP contribution in [0.4, 0.5) is 0 Å². The Balaban J connectivity index is 1.55. The lowest BCUT2D eigenvalue weighted by molar-refractivity contribution is -0.131. The number of rotatable bonds is 2. The molecule has 1 aliphatic carbocycles. The van der Waals surface area contributed by atoms with Gasteiger partial charge in [-0.1, -0.05) is 0 Å². The molecule has 1 spiro atoms. The Bertz CT molecular complexity index is 256. The van der Waals surface area contributed by atoms with E-state index >= 15 is 0 Å². The van der Waals surface area contributed by atoms with Gasteiger partial charge >= 0.3 is 0 Å². The SMILES string of the molecule is O=C(CC1CC1)N1CCC2(CNC2)C1. The molecule has 0 bridgehead atoms. The highest BCUT2D eigenvalue weighted by molar-refractivity contribution is 5.77. The molecule has 0 aromatic rings. The molecule has 3 nitrogen and oxygen atoms in total. The van der Waals surface area contributed by atoms with Gasteiger partial charge in [-0.3, -0.25) is 4.79 Å².